The van der Waals surface area contributed by atoms with Gasteiger partial charge in [0.1, 0.15) is 0 Å². The SMILES string of the molecule is CCCOCCCON1CCCC1. The molecule has 0 aliphatic carbocycles. The van der Waals surface area contributed by atoms with Crippen LogP contribution >= 0.6 is 0 Å². The highest BCUT2D eigenvalue weighted by molar-refractivity contribution is 4.56. The van der Waals surface area contributed by atoms with Gasteiger partial charge in [0.2, 0.25) is 0 Å². The molecule has 0 unspecified atom stereocenters. The predicted octanol–water partition coefficient (Wildman–Crippen LogP) is 1.83. The predicted molar refractivity (Wildman–Crippen MR) is 52.5 cm³/mol. The van der Waals surface area contributed by atoms with Gasteiger partial charge in [0.15, 0.2) is 0 Å². The third kappa shape index (κ3) is 5.24. The molecule has 0 bridgehead atoms. The molecular formula is C10H21NO2. The van der Waals surface area contributed by atoms with Crippen LogP contribution in [0, 0.1) is 0 Å². The second-order valence-electron chi connectivity index (χ2n) is 3.44. The zero-order chi connectivity index (χ0) is 9.36. The van der Waals surface area contributed by atoms with Crippen LogP contribution in [-0.4, -0.2) is 38.0 Å². The Morgan fingerprint density at radius 3 is 2.54 bits per heavy atom. The largest absolute Gasteiger partial charge is 0.381 e. The van der Waals surface area contributed by atoms with Crippen LogP contribution in [0.2, 0.25) is 0 Å². The molecule has 1 aliphatic heterocycles. The van der Waals surface area contributed by atoms with Gasteiger partial charge in [0.25, 0.3) is 0 Å². The highest BCUT2D eigenvalue weighted by Crippen LogP contribution is 2.07. The smallest absolute Gasteiger partial charge is 0.0707 e. The van der Waals surface area contributed by atoms with Gasteiger partial charge in [-0.2, -0.15) is 5.06 Å². The van der Waals surface area contributed by atoms with E-state index in [2.05, 4.69) is 12.0 Å². The molecule has 0 aromatic rings. The lowest BCUT2D eigenvalue weighted by Crippen LogP contribution is -2.20. The molecule has 0 N–H and O–H groups in total. The van der Waals surface area contributed by atoms with E-state index in [-0.39, 0.29) is 0 Å². The fourth-order valence-corrected chi connectivity index (χ4v) is 1.42. The van der Waals surface area contributed by atoms with Crippen LogP contribution in [0.5, 0.6) is 0 Å². The van der Waals surface area contributed by atoms with Gasteiger partial charge in [-0.15, -0.1) is 0 Å². The first-order valence-electron chi connectivity index (χ1n) is 5.39. The number of hydrogen-bond donors (Lipinski definition) is 0. The molecule has 3 nitrogen and oxygen atoms in total. The highest BCUT2D eigenvalue weighted by atomic mass is 16.7. The molecule has 0 amide bonds. The summed E-state index contributed by atoms with van der Waals surface area (Å²) in [5.74, 6) is 0. The Hall–Kier alpha value is -0.120. The summed E-state index contributed by atoms with van der Waals surface area (Å²) >= 11 is 0. The summed E-state index contributed by atoms with van der Waals surface area (Å²) in [5, 5.41) is 2.07. The number of nitrogens with zero attached hydrogens (tertiary/aromatic N) is 1. The highest BCUT2D eigenvalue weighted by Gasteiger charge is 2.10. The Balaban J connectivity index is 1.78. The molecule has 1 fully saturated rings. The Morgan fingerprint density at radius 2 is 1.85 bits per heavy atom. The third-order valence-electron chi connectivity index (χ3n) is 2.12. The minimum absolute atomic E-state index is 0.809. The van der Waals surface area contributed by atoms with E-state index in [1.165, 1.54) is 12.8 Å². The molecule has 0 atom stereocenters. The second kappa shape index (κ2) is 7.30. The summed E-state index contributed by atoms with van der Waals surface area (Å²) in [6.45, 7) is 6.86. The van der Waals surface area contributed by atoms with Crippen molar-refractivity contribution in [3.8, 4) is 0 Å². The van der Waals surface area contributed by atoms with Crippen molar-refractivity contribution in [3.05, 3.63) is 0 Å². The molecule has 1 heterocycles. The van der Waals surface area contributed by atoms with Gasteiger partial charge >= 0.3 is 0 Å². The maximum Gasteiger partial charge on any atom is 0.0707 e. The zero-order valence-electron chi connectivity index (χ0n) is 8.63. The normalized spacial score (nSPS) is 18.2. The Kier molecular flexibility index (Phi) is 6.15. The molecule has 0 radical (unpaired) electrons. The molecule has 0 aromatic carbocycles. The average molecular weight is 187 g/mol. The first-order chi connectivity index (χ1) is 6.43. The maximum atomic E-state index is 5.54. The van der Waals surface area contributed by atoms with Crippen LogP contribution in [0.3, 0.4) is 0 Å². The van der Waals surface area contributed by atoms with E-state index < -0.39 is 0 Å². The Morgan fingerprint density at radius 1 is 1.08 bits per heavy atom. The molecule has 3 heteroatoms. The van der Waals surface area contributed by atoms with Crippen LogP contribution in [0.4, 0.5) is 0 Å². The minimum Gasteiger partial charge on any atom is -0.381 e. The number of rotatable bonds is 7. The van der Waals surface area contributed by atoms with Crippen molar-refractivity contribution in [3.63, 3.8) is 0 Å². The summed E-state index contributed by atoms with van der Waals surface area (Å²) in [6, 6.07) is 0. The fraction of sp³-hybridized carbons (Fsp3) is 1.00. The van der Waals surface area contributed by atoms with E-state index >= 15 is 0 Å². The monoisotopic (exact) mass is 187 g/mol. The van der Waals surface area contributed by atoms with Gasteiger partial charge in [-0.05, 0) is 25.7 Å². The third-order valence-corrected chi connectivity index (χ3v) is 2.12. The lowest BCUT2D eigenvalue weighted by Gasteiger charge is -2.14. The quantitative estimate of drug-likeness (QED) is 0.568. The van der Waals surface area contributed by atoms with Crippen molar-refractivity contribution in [2.45, 2.75) is 32.6 Å². The topological polar surface area (TPSA) is 21.7 Å². The molecule has 1 aliphatic rings. The van der Waals surface area contributed by atoms with Crippen molar-refractivity contribution >= 4 is 0 Å². The van der Waals surface area contributed by atoms with Gasteiger partial charge < -0.3 is 4.74 Å². The summed E-state index contributed by atoms with van der Waals surface area (Å²) < 4.78 is 5.35. The van der Waals surface area contributed by atoms with Crippen molar-refractivity contribution in [2.24, 2.45) is 0 Å². The van der Waals surface area contributed by atoms with Gasteiger partial charge in [0, 0.05) is 26.3 Å². The van der Waals surface area contributed by atoms with Gasteiger partial charge in [-0.25, -0.2) is 0 Å². The summed E-state index contributed by atoms with van der Waals surface area (Å²) in [6.07, 6.45) is 4.68. The number of hydrogen-bond acceptors (Lipinski definition) is 3. The van der Waals surface area contributed by atoms with Crippen molar-refractivity contribution in [2.75, 3.05) is 32.9 Å². The molecule has 1 rings (SSSR count). The number of ether oxygens (including phenoxy) is 1. The van der Waals surface area contributed by atoms with Crippen molar-refractivity contribution < 1.29 is 9.57 Å². The molecule has 1 saturated heterocycles. The van der Waals surface area contributed by atoms with Crippen molar-refractivity contribution in [1.82, 2.24) is 5.06 Å². The van der Waals surface area contributed by atoms with Crippen LogP contribution in [0.25, 0.3) is 0 Å². The molecular weight excluding hydrogens is 166 g/mol. The first kappa shape index (κ1) is 11.0. The van der Waals surface area contributed by atoms with E-state index in [1.54, 1.807) is 0 Å². The van der Waals surface area contributed by atoms with E-state index in [4.69, 9.17) is 9.57 Å². The van der Waals surface area contributed by atoms with Crippen LogP contribution in [-0.2, 0) is 9.57 Å². The van der Waals surface area contributed by atoms with Gasteiger partial charge in [0.05, 0.1) is 6.61 Å². The van der Waals surface area contributed by atoms with Crippen molar-refractivity contribution in [1.29, 1.82) is 0 Å². The van der Waals surface area contributed by atoms with Crippen LogP contribution < -0.4 is 0 Å². The summed E-state index contributed by atoms with van der Waals surface area (Å²) in [4.78, 5) is 5.54. The lowest BCUT2D eigenvalue weighted by molar-refractivity contribution is -0.146. The number of hydroxylamine groups is 2. The Bertz CT molecular complexity index is 113. The first-order valence-corrected chi connectivity index (χ1v) is 5.39. The zero-order valence-corrected chi connectivity index (χ0v) is 8.63. The van der Waals surface area contributed by atoms with E-state index in [1.807, 2.05) is 0 Å². The van der Waals surface area contributed by atoms with E-state index in [0.29, 0.717) is 0 Å². The standard InChI is InChI=1S/C10H21NO2/c1-2-8-12-9-5-10-13-11-6-3-4-7-11/h2-10H2,1H3. The Labute approximate surface area is 81.0 Å². The van der Waals surface area contributed by atoms with Gasteiger partial charge in [-0.3, -0.25) is 4.84 Å². The molecule has 0 aromatic heterocycles. The maximum absolute atomic E-state index is 5.54. The fourth-order valence-electron chi connectivity index (χ4n) is 1.42. The molecule has 0 saturated carbocycles. The second-order valence-corrected chi connectivity index (χ2v) is 3.44. The summed E-state index contributed by atoms with van der Waals surface area (Å²) in [7, 11) is 0. The minimum atomic E-state index is 0.809. The molecule has 13 heavy (non-hydrogen) atoms. The van der Waals surface area contributed by atoms with Crippen LogP contribution in [0.15, 0.2) is 0 Å². The lowest BCUT2D eigenvalue weighted by atomic mass is 10.4. The summed E-state index contributed by atoms with van der Waals surface area (Å²) in [5.41, 5.74) is 0. The molecule has 0 spiro atoms. The molecule has 78 valence electrons. The van der Waals surface area contributed by atoms with E-state index in [9.17, 15) is 0 Å². The van der Waals surface area contributed by atoms with E-state index in [0.717, 1.165) is 45.8 Å². The average Bonchev–Trinajstić information content (AvgIpc) is 2.63. The van der Waals surface area contributed by atoms with Crippen LogP contribution in [0.1, 0.15) is 32.6 Å². The van der Waals surface area contributed by atoms with Gasteiger partial charge in [-0.1, -0.05) is 6.92 Å².